The van der Waals surface area contributed by atoms with E-state index in [-0.39, 0.29) is 5.56 Å². The fraction of sp³-hybridized carbons (Fsp3) is 0.316. The van der Waals surface area contributed by atoms with E-state index in [0.29, 0.717) is 50.1 Å². The number of hydrogen-bond donors (Lipinski definition) is 0. The molecule has 1 aliphatic heterocycles. The van der Waals surface area contributed by atoms with Crippen LogP contribution in [0.25, 0.3) is 0 Å². The molecule has 0 N–H and O–H groups in total. The molecule has 1 fully saturated rings. The van der Waals surface area contributed by atoms with Crippen LogP contribution in [-0.4, -0.2) is 64.9 Å². The standard InChI is InChI=1S/C19H19ClN4O6/c20-17-3-1-2-4-18(17)30-10-9-21-5-7-22(8-6-21)19(25)14-11-15(23(26)27)13-16(12-14)24(28)29/h1-4,11-13H,5-10H2. The molecule has 0 aromatic heterocycles. The maximum absolute atomic E-state index is 12.7. The van der Waals surface area contributed by atoms with Gasteiger partial charge in [-0.3, -0.25) is 29.9 Å². The van der Waals surface area contributed by atoms with Crippen molar-refractivity contribution in [3.63, 3.8) is 0 Å². The van der Waals surface area contributed by atoms with Gasteiger partial charge in [-0.1, -0.05) is 23.7 Å². The molecule has 3 rings (SSSR count). The predicted molar refractivity (Wildman–Crippen MR) is 109 cm³/mol. The number of hydrogen-bond acceptors (Lipinski definition) is 7. The van der Waals surface area contributed by atoms with E-state index in [1.165, 1.54) is 4.90 Å². The highest BCUT2D eigenvalue weighted by atomic mass is 35.5. The number of benzene rings is 2. The van der Waals surface area contributed by atoms with Gasteiger partial charge in [-0.2, -0.15) is 0 Å². The summed E-state index contributed by atoms with van der Waals surface area (Å²) >= 11 is 6.05. The number of nitrogens with zero attached hydrogens (tertiary/aromatic N) is 4. The van der Waals surface area contributed by atoms with Crippen LogP contribution in [-0.2, 0) is 0 Å². The fourth-order valence-electron chi connectivity index (χ4n) is 3.13. The Kier molecular flexibility index (Phi) is 6.80. The van der Waals surface area contributed by atoms with Crippen LogP contribution in [0.1, 0.15) is 10.4 Å². The van der Waals surface area contributed by atoms with E-state index in [4.69, 9.17) is 16.3 Å². The Morgan fingerprint density at radius 3 is 2.17 bits per heavy atom. The molecule has 0 spiro atoms. The summed E-state index contributed by atoms with van der Waals surface area (Å²) in [6.07, 6.45) is 0. The summed E-state index contributed by atoms with van der Waals surface area (Å²) < 4.78 is 5.67. The Balaban J connectivity index is 1.56. The molecular weight excluding hydrogens is 416 g/mol. The third-order valence-corrected chi connectivity index (χ3v) is 5.04. The first-order chi connectivity index (χ1) is 14.3. The SMILES string of the molecule is O=C(c1cc([N+](=O)[O-])cc([N+](=O)[O-])c1)N1CCN(CCOc2ccccc2Cl)CC1. The first-order valence-electron chi connectivity index (χ1n) is 9.18. The number of carbonyl (C=O) groups excluding carboxylic acids is 1. The highest BCUT2D eigenvalue weighted by Gasteiger charge is 2.26. The van der Waals surface area contributed by atoms with Crippen LogP contribution in [0.2, 0.25) is 5.02 Å². The lowest BCUT2D eigenvalue weighted by molar-refractivity contribution is -0.394. The summed E-state index contributed by atoms with van der Waals surface area (Å²) in [6.45, 7) is 3.08. The Morgan fingerprint density at radius 2 is 1.60 bits per heavy atom. The zero-order chi connectivity index (χ0) is 21.7. The van der Waals surface area contributed by atoms with Crippen LogP contribution in [0.5, 0.6) is 5.75 Å². The molecule has 1 saturated heterocycles. The number of para-hydroxylation sites is 1. The van der Waals surface area contributed by atoms with Gasteiger partial charge in [0.2, 0.25) is 0 Å². The minimum atomic E-state index is -0.749. The van der Waals surface area contributed by atoms with Crippen molar-refractivity contribution in [2.24, 2.45) is 0 Å². The van der Waals surface area contributed by atoms with Gasteiger partial charge in [-0.25, -0.2) is 0 Å². The molecule has 11 heteroatoms. The monoisotopic (exact) mass is 434 g/mol. The average molecular weight is 435 g/mol. The second kappa shape index (κ2) is 9.51. The van der Waals surface area contributed by atoms with Crippen molar-refractivity contribution in [2.75, 3.05) is 39.3 Å². The van der Waals surface area contributed by atoms with Gasteiger partial charge in [-0.05, 0) is 12.1 Å². The second-order valence-electron chi connectivity index (χ2n) is 6.67. The zero-order valence-electron chi connectivity index (χ0n) is 15.9. The van der Waals surface area contributed by atoms with Gasteiger partial charge in [0, 0.05) is 44.9 Å². The highest BCUT2D eigenvalue weighted by Crippen LogP contribution is 2.24. The summed E-state index contributed by atoms with van der Waals surface area (Å²) in [7, 11) is 0. The molecule has 2 aromatic rings. The summed E-state index contributed by atoms with van der Waals surface area (Å²) in [5, 5.41) is 22.6. The van der Waals surface area contributed by atoms with Crippen molar-refractivity contribution in [2.45, 2.75) is 0 Å². The van der Waals surface area contributed by atoms with Crippen LogP contribution in [0, 0.1) is 20.2 Å². The average Bonchev–Trinajstić information content (AvgIpc) is 2.74. The van der Waals surface area contributed by atoms with Crippen LogP contribution in [0.4, 0.5) is 11.4 Å². The highest BCUT2D eigenvalue weighted by molar-refractivity contribution is 6.32. The largest absolute Gasteiger partial charge is 0.491 e. The molecule has 10 nitrogen and oxygen atoms in total. The Hall–Kier alpha value is -3.24. The number of nitro groups is 2. The zero-order valence-corrected chi connectivity index (χ0v) is 16.7. The van der Waals surface area contributed by atoms with E-state index in [2.05, 4.69) is 4.90 Å². The lowest BCUT2D eigenvalue weighted by Gasteiger charge is -2.34. The third-order valence-electron chi connectivity index (χ3n) is 4.73. The van der Waals surface area contributed by atoms with Gasteiger partial charge in [0.15, 0.2) is 0 Å². The summed E-state index contributed by atoms with van der Waals surface area (Å²) in [6, 6.07) is 10.2. The number of amides is 1. The van der Waals surface area contributed by atoms with Gasteiger partial charge < -0.3 is 9.64 Å². The topological polar surface area (TPSA) is 119 Å². The van der Waals surface area contributed by atoms with Gasteiger partial charge >= 0.3 is 0 Å². The molecular formula is C19H19ClN4O6. The van der Waals surface area contributed by atoms with Gasteiger partial charge in [-0.15, -0.1) is 0 Å². The Bertz CT molecular complexity index is 930. The third kappa shape index (κ3) is 5.22. The van der Waals surface area contributed by atoms with Crippen molar-refractivity contribution in [1.29, 1.82) is 0 Å². The van der Waals surface area contributed by atoms with Crippen LogP contribution in [0.15, 0.2) is 42.5 Å². The second-order valence-corrected chi connectivity index (χ2v) is 7.07. The molecule has 158 valence electrons. The number of nitro benzene ring substituents is 2. The van der Waals surface area contributed by atoms with Crippen molar-refractivity contribution in [1.82, 2.24) is 9.80 Å². The van der Waals surface area contributed by atoms with Crippen LogP contribution in [0.3, 0.4) is 0 Å². The molecule has 0 unspecified atom stereocenters. The minimum absolute atomic E-state index is 0.0635. The minimum Gasteiger partial charge on any atom is -0.491 e. The maximum Gasteiger partial charge on any atom is 0.277 e. The lowest BCUT2D eigenvalue weighted by atomic mass is 10.1. The fourth-order valence-corrected chi connectivity index (χ4v) is 3.32. The number of halogens is 1. The van der Waals surface area contributed by atoms with Crippen molar-refractivity contribution in [3.8, 4) is 5.75 Å². The van der Waals surface area contributed by atoms with Crippen molar-refractivity contribution in [3.05, 3.63) is 73.3 Å². The van der Waals surface area contributed by atoms with E-state index in [9.17, 15) is 25.0 Å². The predicted octanol–water partition coefficient (Wildman–Crippen LogP) is 2.99. The Labute approximate surface area is 176 Å². The summed E-state index contributed by atoms with van der Waals surface area (Å²) in [4.78, 5) is 36.9. The van der Waals surface area contributed by atoms with Crippen LogP contribution >= 0.6 is 11.6 Å². The molecule has 1 amide bonds. The number of piperazine rings is 1. The molecule has 30 heavy (non-hydrogen) atoms. The summed E-state index contributed by atoms with van der Waals surface area (Å²) in [5.41, 5.74) is -1.03. The molecule has 0 radical (unpaired) electrons. The molecule has 0 bridgehead atoms. The first kappa shape index (κ1) is 21.5. The molecule has 2 aromatic carbocycles. The van der Waals surface area contributed by atoms with E-state index in [1.54, 1.807) is 12.1 Å². The van der Waals surface area contributed by atoms with Crippen molar-refractivity contribution < 1.29 is 19.4 Å². The van der Waals surface area contributed by atoms with E-state index >= 15 is 0 Å². The normalized spacial score (nSPS) is 14.4. The Morgan fingerprint density at radius 1 is 1.00 bits per heavy atom. The van der Waals surface area contributed by atoms with Gasteiger partial charge in [0.25, 0.3) is 17.3 Å². The number of ether oxygens (including phenoxy) is 1. The van der Waals surface area contributed by atoms with Crippen molar-refractivity contribution >= 4 is 28.9 Å². The smallest absolute Gasteiger partial charge is 0.277 e. The lowest BCUT2D eigenvalue weighted by Crippen LogP contribution is -2.49. The summed E-state index contributed by atoms with van der Waals surface area (Å²) in [5.74, 6) is 0.147. The number of rotatable bonds is 7. The van der Waals surface area contributed by atoms with Gasteiger partial charge in [0.05, 0.1) is 26.5 Å². The quantitative estimate of drug-likeness (QED) is 0.485. The molecule has 1 aliphatic rings. The number of carbonyl (C=O) groups is 1. The maximum atomic E-state index is 12.7. The van der Waals surface area contributed by atoms with E-state index in [0.717, 1.165) is 18.2 Å². The molecule has 1 heterocycles. The van der Waals surface area contributed by atoms with E-state index < -0.39 is 27.1 Å². The first-order valence-corrected chi connectivity index (χ1v) is 9.56. The molecule has 0 atom stereocenters. The number of non-ortho nitro benzene ring substituents is 2. The molecule has 0 saturated carbocycles. The van der Waals surface area contributed by atoms with E-state index in [1.807, 2.05) is 12.1 Å². The van der Waals surface area contributed by atoms with Crippen LogP contribution < -0.4 is 4.74 Å². The molecule has 0 aliphatic carbocycles. The van der Waals surface area contributed by atoms with Gasteiger partial charge in [0.1, 0.15) is 12.4 Å².